The monoisotopic (exact) mass is 592 g/mol. The maximum atomic E-state index is 15.4. The number of nitrogens with zero attached hydrogens (tertiary/aromatic N) is 3. The van der Waals surface area contributed by atoms with Crippen LogP contribution >= 0.6 is 0 Å². The van der Waals surface area contributed by atoms with Crippen molar-refractivity contribution in [2.24, 2.45) is 5.41 Å². The van der Waals surface area contributed by atoms with Crippen molar-refractivity contribution in [1.29, 1.82) is 5.26 Å². The van der Waals surface area contributed by atoms with Crippen LogP contribution in [-0.2, 0) is 27.2 Å². The lowest BCUT2D eigenvalue weighted by Crippen LogP contribution is -2.63. The van der Waals surface area contributed by atoms with Gasteiger partial charge in [-0.3, -0.25) is 9.59 Å². The number of amides is 3. The van der Waals surface area contributed by atoms with E-state index in [-0.39, 0.29) is 31.0 Å². The molecule has 43 heavy (non-hydrogen) atoms. The van der Waals surface area contributed by atoms with Gasteiger partial charge in [0.25, 0.3) is 11.8 Å². The summed E-state index contributed by atoms with van der Waals surface area (Å²) in [5, 5.41) is 12.7. The van der Waals surface area contributed by atoms with Crippen molar-refractivity contribution in [3.8, 4) is 17.2 Å². The summed E-state index contributed by atoms with van der Waals surface area (Å²) < 4.78 is 27.1. The molecule has 2 aliphatic heterocycles. The zero-order valence-electron chi connectivity index (χ0n) is 26.0. The Labute approximate surface area is 252 Å². The molecule has 2 aromatic carbocycles. The molecule has 3 amide bonds. The lowest BCUT2D eigenvalue weighted by Gasteiger charge is -2.44. The summed E-state index contributed by atoms with van der Waals surface area (Å²) >= 11 is 0. The zero-order valence-corrected chi connectivity index (χ0v) is 26.0. The molecule has 1 fully saturated rings. The number of rotatable bonds is 5. The highest BCUT2D eigenvalue weighted by Gasteiger charge is 2.53. The number of benzene rings is 2. The minimum Gasteiger partial charge on any atom is -0.444 e. The van der Waals surface area contributed by atoms with Gasteiger partial charge in [-0.25, -0.2) is 9.18 Å². The Bertz CT molecular complexity index is 1450. The van der Waals surface area contributed by atoms with Crippen molar-refractivity contribution in [3.63, 3.8) is 0 Å². The van der Waals surface area contributed by atoms with Crippen LogP contribution in [0.3, 0.4) is 0 Å². The number of hydrogen-bond donors (Lipinski definition) is 1. The third-order valence-electron chi connectivity index (χ3n) is 7.93. The van der Waals surface area contributed by atoms with Crippen LogP contribution in [0.1, 0.15) is 69.4 Å². The molecular formula is C33H41FN4O5. The highest BCUT2D eigenvalue weighted by atomic mass is 19.1. The van der Waals surface area contributed by atoms with Gasteiger partial charge in [0.05, 0.1) is 12.6 Å². The van der Waals surface area contributed by atoms with E-state index in [4.69, 9.17) is 9.47 Å². The molecule has 0 aromatic heterocycles. The van der Waals surface area contributed by atoms with Crippen molar-refractivity contribution in [1.82, 2.24) is 15.1 Å². The summed E-state index contributed by atoms with van der Waals surface area (Å²) in [5.41, 5.74) is 0.162. The Morgan fingerprint density at radius 3 is 2.44 bits per heavy atom. The van der Waals surface area contributed by atoms with Gasteiger partial charge in [0.1, 0.15) is 17.5 Å². The maximum Gasteiger partial charge on any atom is 0.410 e. The fourth-order valence-corrected chi connectivity index (χ4v) is 5.45. The number of ether oxygens (including phenoxy) is 2. The van der Waals surface area contributed by atoms with E-state index in [1.807, 2.05) is 32.9 Å². The molecule has 1 N–H and O–H groups in total. The Balaban J connectivity index is 1.53. The third kappa shape index (κ3) is 6.83. The lowest BCUT2D eigenvalue weighted by molar-refractivity contribution is -0.165. The zero-order chi connectivity index (χ0) is 31.7. The molecule has 0 saturated carbocycles. The van der Waals surface area contributed by atoms with Crippen molar-refractivity contribution >= 4 is 17.9 Å². The van der Waals surface area contributed by atoms with Crippen LogP contribution < -0.4 is 5.32 Å². The van der Waals surface area contributed by atoms with Crippen LogP contribution in [0.15, 0.2) is 36.4 Å². The second kappa shape index (κ2) is 12.0. The van der Waals surface area contributed by atoms with Gasteiger partial charge >= 0.3 is 6.09 Å². The summed E-state index contributed by atoms with van der Waals surface area (Å²) in [6.07, 6.45) is -0.102. The maximum absolute atomic E-state index is 15.4. The van der Waals surface area contributed by atoms with Crippen LogP contribution in [-0.4, -0.2) is 71.7 Å². The topological polar surface area (TPSA) is 112 Å². The number of fused-ring (bicyclic) bond motifs is 1. The van der Waals surface area contributed by atoms with Crippen molar-refractivity contribution in [2.45, 2.75) is 78.2 Å². The molecule has 230 valence electrons. The van der Waals surface area contributed by atoms with Crippen LogP contribution in [0, 0.1) is 22.6 Å². The molecule has 10 heteroatoms. The van der Waals surface area contributed by atoms with E-state index in [2.05, 4.69) is 11.4 Å². The Morgan fingerprint density at radius 2 is 1.81 bits per heavy atom. The first-order chi connectivity index (χ1) is 20.0. The van der Waals surface area contributed by atoms with Crippen molar-refractivity contribution in [2.75, 3.05) is 26.7 Å². The predicted octanol–water partition coefficient (Wildman–Crippen LogP) is 5.07. The summed E-state index contributed by atoms with van der Waals surface area (Å²) in [6.45, 7) is 11.9. The average molecular weight is 593 g/mol. The molecule has 0 aliphatic carbocycles. The summed E-state index contributed by atoms with van der Waals surface area (Å²) in [4.78, 5) is 42.4. The van der Waals surface area contributed by atoms with Crippen LogP contribution in [0.2, 0.25) is 0 Å². The standard InChI is InChI=1S/C33H41FN4O5/c1-31(2,3)33(20-38(13-8-14-42-33)30(41)43-32(4,5)6)29(40)36-25(18-35)15-23-11-9-22(17-27(23)34)21-10-12-24-19-37(7)28(39)26(24)16-21/h9-12,16-17,25H,8,13-15,19-20H2,1-7H3,(H,36,40)/t25-,33?/m0/s1. The van der Waals surface area contributed by atoms with Crippen LogP contribution in [0.4, 0.5) is 9.18 Å². The van der Waals surface area contributed by atoms with E-state index in [1.165, 1.54) is 11.0 Å². The molecule has 2 atom stereocenters. The van der Waals surface area contributed by atoms with E-state index in [0.717, 1.165) is 5.56 Å². The molecule has 1 saturated heterocycles. The second-order valence-corrected chi connectivity index (χ2v) is 13.4. The van der Waals surface area contributed by atoms with E-state index in [0.29, 0.717) is 36.2 Å². The molecule has 0 spiro atoms. The predicted molar refractivity (Wildman–Crippen MR) is 159 cm³/mol. The van der Waals surface area contributed by atoms with Gasteiger partial charge in [-0.2, -0.15) is 5.26 Å². The molecule has 4 rings (SSSR count). The molecule has 0 radical (unpaired) electrons. The molecule has 2 aliphatic rings. The van der Waals surface area contributed by atoms with Gasteiger partial charge in [0.15, 0.2) is 5.60 Å². The normalized spacial score (nSPS) is 19.7. The van der Waals surface area contributed by atoms with E-state index in [1.54, 1.807) is 50.9 Å². The van der Waals surface area contributed by atoms with E-state index >= 15 is 4.39 Å². The number of halogens is 1. The van der Waals surface area contributed by atoms with Gasteiger partial charge in [0.2, 0.25) is 0 Å². The van der Waals surface area contributed by atoms with Gasteiger partial charge in [0, 0.05) is 44.1 Å². The largest absolute Gasteiger partial charge is 0.444 e. The van der Waals surface area contributed by atoms with Crippen molar-refractivity contribution in [3.05, 3.63) is 58.9 Å². The summed E-state index contributed by atoms with van der Waals surface area (Å²) in [6, 6.07) is 11.2. The molecular weight excluding hydrogens is 551 g/mol. The molecule has 9 nitrogen and oxygen atoms in total. The summed E-state index contributed by atoms with van der Waals surface area (Å²) in [7, 11) is 1.74. The Kier molecular flexibility index (Phi) is 8.89. The smallest absolute Gasteiger partial charge is 0.410 e. The molecule has 1 unspecified atom stereocenters. The minimum atomic E-state index is -1.48. The van der Waals surface area contributed by atoms with Gasteiger partial charge in [-0.05, 0) is 61.6 Å². The fraction of sp³-hybridized carbons (Fsp3) is 0.515. The highest BCUT2D eigenvalue weighted by molar-refractivity contribution is 5.99. The first-order valence-corrected chi connectivity index (χ1v) is 14.5. The number of carbonyl (C=O) groups is 3. The molecule has 2 aromatic rings. The fourth-order valence-electron chi connectivity index (χ4n) is 5.45. The average Bonchev–Trinajstić information content (AvgIpc) is 3.07. The Hall–Kier alpha value is -3.97. The van der Waals surface area contributed by atoms with Crippen LogP contribution in [0.5, 0.6) is 0 Å². The van der Waals surface area contributed by atoms with E-state index in [9.17, 15) is 19.6 Å². The quantitative estimate of drug-likeness (QED) is 0.519. The van der Waals surface area contributed by atoms with Crippen LogP contribution in [0.25, 0.3) is 11.1 Å². The van der Waals surface area contributed by atoms with Crippen molar-refractivity contribution < 1.29 is 28.2 Å². The van der Waals surface area contributed by atoms with E-state index < -0.39 is 40.5 Å². The Morgan fingerprint density at radius 1 is 1.14 bits per heavy atom. The highest BCUT2D eigenvalue weighted by Crippen LogP contribution is 2.37. The SMILES string of the molecule is CN1Cc2ccc(-c3ccc(C[C@@H](C#N)NC(=O)C4(C(C)(C)C)CN(C(=O)OC(C)(C)C)CCCO4)c(F)c3)cc2C1=O. The first kappa shape index (κ1) is 32.0. The lowest BCUT2D eigenvalue weighted by atomic mass is 9.75. The number of nitriles is 1. The van der Waals surface area contributed by atoms with Gasteiger partial charge in [-0.15, -0.1) is 0 Å². The minimum absolute atomic E-state index is 0.0580. The molecule has 2 heterocycles. The summed E-state index contributed by atoms with van der Waals surface area (Å²) in [5.74, 6) is -1.14. The molecule has 0 bridgehead atoms. The van der Waals surface area contributed by atoms with Gasteiger partial charge < -0.3 is 24.6 Å². The van der Waals surface area contributed by atoms with Gasteiger partial charge in [-0.1, -0.05) is 45.0 Å². The number of carbonyl (C=O) groups excluding carboxylic acids is 3. The first-order valence-electron chi connectivity index (χ1n) is 14.5. The second-order valence-electron chi connectivity index (χ2n) is 13.4. The number of hydrogen-bond acceptors (Lipinski definition) is 6. The third-order valence-corrected chi connectivity index (χ3v) is 7.93. The number of nitrogens with one attached hydrogen (secondary N) is 1.